The van der Waals surface area contributed by atoms with E-state index in [4.69, 9.17) is 9.84 Å². The number of nitrogens with zero attached hydrogens (tertiary/aromatic N) is 1. The van der Waals surface area contributed by atoms with Crippen molar-refractivity contribution in [2.75, 3.05) is 6.61 Å². The summed E-state index contributed by atoms with van der Waals surface area (Å²) in [5.74, 6) is -0.237. The highest BCUT2D eigenvalue weighted by molar-refractivity contribution is 5.96. The molecule has 3 rings (SSSR count). The molecule has 1 aliphatic rings. The number of aromatic carboxylic acids is 1. The maximum Gasteiger partial charge on any atom is 0.335 e. The van der Waals surface area contributed by atoms with Crippen molar-refractivity contribution < 1.29 is 14.6 Å². The van der Waals surface area contributed by atoms with Gasteiger partial charge >= 0.3 is 5.97 Å². The molecule has 0 bridgehead atoms. The Bertz CT molecular complexity index is 728. The third-order valence-corrected chi connectivity index (χ3v) is 3.56. The van der Waals surface area contributed by atoms with Gasteiger partial charge in [-0.05, 0) is 49.2 Å². The molecule has 0 amide bonds. The highest BCUT2D eigenvalue weighted by Crippen LogP contribution is 2.24. The SMILES string of the molecule is CC1(C)COC(c2ccc(-c3ccc(C(=O)O)cc3)cc2)=N1. The minimum Gasteiger partial charge on any atom is -0.478 e. The van der Waals surface area contributed by atoms with E-state index in [1.807, 2.05) is 50.2 Å². The summed E-state index contributed by atoms with van der Waals surface area (Å²) < 4.78 is 5.63. The minimum absolute atomic E-state index is 0.166. The van der Waals surface area contributed by atoms with Crippen LogP contribution in [0.15, 0.2) is 53.5 Å². The molecule has 0 unspecified atom stereocenters. The molecule has 0 spiro atoms. The first kappa shape index (κ1) is 14.3. The predicted octanol–water partition coefficient (Wildman–Crippen LogP) is 3.61. The fraction of sp³-hybridized carbons (Fsp3) is 0.222. The summed E-state index contributed by atoms with van der Waals surface area (Å²) in [6.45, 7) is 4.68. The summed E-state index contributed by atoms with van der Waals surface area (Å²) >= 11 is 0. The Morgan fingerprint density at radius 2 is 1.50 bits per heavy atom. The summed E-state index contributed by atoms with van der Waals surface area (Å²) in [6.07, 6.45) is 0. The summed E-state index contributed by atoms with van der Waals surface area (Å²) in [4.78, 5) is 15.4. The molecular weight excluding hydrogens is 278 g/mol. The first-order valence-corrected chi connectivity index (χ1v) is 7.11. The molecule has 1 heterocycles. The van der Waals surface area contributed by atoms with Crippen LogP contribution in [0.4, 0.5) is 0 Å². The van der Waals surface area contributed by atoms with E-state index in [-0.39, 0.29) is 11.1 Å². The number of carboxylic acid groups (broad SMARTS) is 1. The number of benzene rings is 2. The molecule has 1 aliphatic heterocycles. The van der Waals surface area contributed by atoms with Crippen LogP contribution in [0.3, 0.4) is 0 Å². The number of hydrogen-bond acceptors (Lipinski definition) is 3. The molecule has 22 heavy (non-hydrogen) atoms. The highest BCUT2D eigenvalue weighted by atomic mass is 16.5. The van der Waals surface area contributed by atoms with Gasteiger partial charge in [-0.3, -0.25) is 0 Å². The molecule has 1 N–H and O–H groups in total. The van der Waals surface area contributed by atoms with Crippen LogP contribution >= 0.6 is 0 Å². The lowest BCUT2D eigenvalue weighted by Gasteiger charge is -2.07. The summed E-state index contributed by atoms with van der Waals surface area (Å²) in [6, 6.07) is 14.8. The van der Waals surface area contributed by atoms with E-state index in [9.17, 15) is 4.79 Å². The average molecular weight is 295 g/mol. The molecule has 112 valence electrons. The largest absolute Gasteiger partial charge is 0.478 e. The van der Waals surface area contributed by atoms with Gasteiger partial charge < -0.3 is 9.84 Å². The van der Waals surface area contributed by atoms with Crippen LogP contribution in [-0.4, -0.2) is 29.1 Å². The van der Waals surface area contributed by atoms with E-state index in [0.29, 0.717) is 12.5 Å². The third-order valence-electron chi connectivity index (χ3n) is 3.56. The molecule has 2 aromatic rings. The van der Waals surface area contributed by atoms with Crippen LogP contribution in [0.25, 0.3) is 11.1 Å². The van der Waals surface area contributed by atoms with Crippen molar-refractivity contribution in [3.63, 3.8) is 0 Å². The molecule has 4 nitrogen and oxygen atoms in total. The predicted molar refractivity (Wildman–Crippen MR) is 85.4 cm³/mol. The molecule has 2 aromatic carbocycles. The molecule has 0 atom stereocenters. The van der Waals surface area contributed by atoms with Gasteiger partial charge in [-0.15, -0.1) is 0 Å². The highest BCUT2D eigenvalue weighted by Gasteiger charge is 2.26. The molecule has 0 saturated carbocycles. The van der Waals surface area contributed by atoms with Crippen LogP contribution in [0, 0.1) is 0 Å². The second kappa shape index (κ2) is 5.30. The lowest BCUT2D eigenvalue weighted by Crippen LogP contribution is -2.17. The Morgan fingerprint density at radius 1 is 1.00 bits per heavy atom. The van der Waals surface area contributed by atoms with Gasteiger partial charge in [0.25, 0.3) is 0 Å². The van der Waals surface area contributed by atoms with E-state index in [2.05, 4.69) is 4.99 Å². The zero-order valence-corrected chi connectivity index (χ0v) is 12.5. The first-order valence-electron chi connectivity index (χ1n) is 7.11. The van der Waals surface area contributed by atoms with Crippen molar-refractivity contribution in [3.8, 4) is 11.1 Å². The topological polar surface area (TPSA) is 58.9 Å². The van der Waals surface area contributed by atoms with Crippen LogP contribution in [0.5, 0.6) is 0 Å². The van der Waals surface area contributed by atoms with Crippen molar-refractivity contribution in [2.45, 2.75) is 19.4 Å². The summed E-state index contributed by atoms with van der Waals surface area (Å²) in [5.41, 5.74) is 3.08. The van der Waals surface area contributed by atoms with Gasteiger partial charge in [-0.2, -0.15) is 0 Å². The van der Waals surface area contributed by atoms with Crippen LogP contribution in [0.1, 0.15) is 29.8 Å². The summed E-state index contributed by atoms with van der Waals surface area (Å²) in [5, 5.41) is 8.92. The van der Waals surface area contributed by atoms with Gasteiger partial charge in [0, 0.05) is 5.56 Å². The van der Waals surface area contributed by atoms with E-state index < -0.39 is 5.97 Å². The molecule has 0 fully saturated rings. The van der Waals surface area contributed by atoms with E-state index in [1.165, 1.54) is 0 Å². The van der Waals surface area contributed by atoms with Gasteiger partial charge in [0.1, 0.15) is 6.61 Å². The second-order valence-electron chi connectivity index (χ2n) is 5.98. The molecule has 0 aliphatic carbocycles. The van der Waals surface area contributed by atoms with E-state index in [1.54, 1.807) is 12.1 Å². The number of ether oxygens (including phenoxy) is 1. The Morgan fingerprint density at radius 3 is 1.95 bits per heavy atom. The standard InChI is InChI=1S/C18H17NO3/c1-18(2)11-22-16(19-18)14-7-3-12(4-8-14)13-5-9-15(10-6-13)17(20)21/h3-10H,11H2,1-2H3,(H,20,21). The Labute approximate surface area is 129 Å². The van der Waals surface area contributed by atoms with Gasteiger partial charge in [-0.1, -0.05) is 24.3 Å². The zero-order chi connectivity index (χ0) is 15.7. The van der Waals surface area contributed by atoms with E-state index in [0.717, 1.165) is 16.7 Å². The number of carbonyl (C=O) groups is 1. The first-order chi connectivity index (χ1) is 10.4. The van der Waals surface area contributed by atoms with Crippen molar-refractivity contribution >= 4 is 11.9 Å². The van der Waals surface area contributed by atoms with Crippen LogP contribution in [0.2, 0.25) is 0 Å². The third kappa shape index (κ3) is 2.86. The normalized spacial score (nSPS) is 16.0. The van der Waals surface area contributed by atoms with Crippen molar-refractivity contribution in [3.05, 3.63) is 59.7 Å². The Balaban J connectivity index is 1.84. The molecule has 0 radical (unpaired) electrons. The monoisotopic (exact) mass is 295 g/mol. The van der Waals surface area contributed by atoms with Crippen molar-refractivity contribution in [1.29, 1.82) is 0 Å². The quantitative estimate of drug-likeness (QED) is 0.941. The van der Waals surface area contributed by atoms with Crippen LogP contribution in [-0.2, 0) is 4.74 Å². The van der Waals surface area contributed by atoms with Crippen molar-refractivity contribution in [2.24, 2.45) is 4.99 Å². The molecule has 0 aromatic heterocycles. The van der Waals surface area contributed by atoms with Gasteiger partial charge in [0.2, 0.25) is 5.90 Å². The summed E-state index contributed by atoms with van der Waals surface area (Å²) in [7, 11) is 0. The lowest BCUT2D eigenvalue weighted by atomic mass is 10.0. The Kier molecular flexibility index (Phi) is 3.45. The van der Waals surface area contributed by atoms with Gasteiger partial charge in [-0.25, -0.2) is 9.79 Å². The number of rotatable bonds is 3. The van der Waals surface area contributed by atoms with Crippen molar-refractivity contribution in [1.82, 2.24) is 0 Å². The maximum absolute atomic E-state index is 10.9. The maximum atomic E-state index is 10.9. The van der Waals surface area contributed by atoms with Gasteiger partial charge in [0.05, 0.1) is 11.1 Å². The molecular formula is C18H17NO3. The fourth-order valence-corrected chi connectivity index (χ4v) is 2.34. The average Bonchev–Trinajstić information content (AvgIpc) is 2.88. The zero-order valence-electron chi connectivity index (χ0n) is 12.5. The van der Waals surface area contributed by atoms with Gasteiger partial charge in [0.15, 0.2) is 0 Å². The fourth-order valence-electron chi connectivity index (χ4n) is 2.34. The smallest absolute Gasteiger partial charge is 0.335 e. The second-order valence-corrected chi connectivity index (χ2v) is 5.98. The number of aliphatic imine (C=N–C) groups is 1. The Hall–Kier alpha value is -2.62. The minimum atomic E-state index is -0.916. The number of hydrogen-bond donors (Lipinski definition) is 1. The lowest BCUT2D eigenvalue weighted by molar-refractivity contribution is 0.0697. The number of carboxylic acids is 1. The van der Waals surface area contributed by atoms with Crippen LogP contribution < -0.4 is 0 Å². The molecule has 4 heteroatoms. The molecule has 0 saturated heterocycles. The van der Waals surface area contributed by atoms with E-state index >= 15 is 0 Å².